The fraction of sp³-hybridized carbons (Fsp3) is 0.294. The van der Waals surface area contributed by atoms with Gasteiger partial charge in [0, 0.05) is 12.5 Å². The van der Waals surface area contributed by atoms with Crippen molar-refractivity contribution in [3.05, 3.63) is 63.9 Å². The van der Waals surface area contributed by atoms with E-state index in [-0.39, 0.29) is 11.1 Å². The molecule has 21 heavy (non-hydrogen) atoms. The first-order chi connectivity index (χ1) is 10.1. The zero-order chi connectivity index (χ0) is 14.8. The molecule has 0 saturated heterocycles. The van der Waals surface area contributed by atoms with Crippen LogP contribution in [0.5, 0.6) is 5.75 Å². The minimum atomic E-state index is -0.417. The Morgan fingerprint density at radius 3 is 2.90 bits per heavy atom. The molecular formula is C17H17ClFNO. The molecule has 2 aromatic rings. The van der Waals surface area contributed by atoms with E-state index in [9.17, 15) is 4.39 Å². The molecule has 2 nitrogen and oxygen atoms in total. The van der Waals surface area contributed by atoms with Gasteiger partial charge in [-0.2, -0.15) is 0 Å². The van der Waals surface area contributed by atoms with E-state index >= 15 is 0 Å². The van der Waals surface area contributed by atoms with E-state index in [2.05, 4.69) is 12.1 Å². The molecule has 0 amide bonds. The Labute approximate surface area is 128 Å². The minimum absolute atomic E-state index is 0.129. The smallest absolute Gasteiger partial charge is 0.142 e. The summed E-state index contributed by atoms with van der Waals surface area (Å²) in [4.78, 5) is 0. The van der Waals surface area contributed by atoms with Crippen molar-refractivity contribution in [1.82, 2.24) is 0 Å². The number of halogens is 2. The highest BCUT2D eigenvalue weighted by Crippen LogP contribution is 2.27. The molecule has 0 aromatic heterocycles. The molecule has 0 radical (unpaired) electrons. The maximum atomic E-state index is 13.5. The average Bonchev–Trinajstić information content (AvgIpc) is 2.95. The van der Waals surface area contributed by atoms with Gasteiger partial charge in [0.25, 0.3) is 0 Å². The van der Waals surface area contributed by atoms with Gasteiger partial charge >= 0.3 is 0 Å². The van der Waals surface area contributed by atoms with Crippen LogP contribution in [0.3, 0.4) is 0 Å². The molecule has 2 N–H and O–H groups in total. The van der Waals surface area contributed by atoms with Crippen LogP contribution < -0.4 is 10.5 Å². The van der Waals surface area contributed by atoms with Gasteiger partial charge in [0.05, 0.1) is 11.6 Å². The summed E-state index contributed by atoms with van der Waals surface area (Å²) in [5.41, 5.74) is 9.42. The monoisotopic (exact) mass is 305 g/mol. The van der Waals surface area contributed by atoms with Crippen molar-refractivity contribution < 1.29 is 9.13 Å². The molecule has 0 bridgehead atoms. The summed E-state index contributed by atoms with van der Waals surface area (Å²) in [6.07, 6.45) is 2.59. The molecule has 1 atom stereocenters. The summed E-state index contributed by atoms with van der Waals surface area (Å²) in [5, 5.41) is 0.129. The van der Waals surface area contributed by atoms with Crippen molar-refractivity contribution in [2.24, 2.45) is 5.73 Å². The lowest BCUT2D eigenvalue weighted by Crippen LogP contribution is -2.11. The molecule has 2 aromatic carbocycles. The maximum absolute atomic E-state index is 13.5. The lowest BCUT2D eigenvalue weighted by molar-refractivity contribution is 0.357. The molecule has 1 heterocycles. The fourth-order valence-corrected chi connectivity index (χ4v) is 2.74. The summed E-state index contributed by atoms with van der Waals surface area (Å²) in [7, 11) is 0. The van der Waals surface area contributed by atoms with Gasteiger partial charge in [-0.25, -0.2) is 4.39 Å². The molecular weight excluding hydrogens is 289 g/mol. The number of benzene rings is 2. The predicted molar refractivity (Wildman–Crippen MR) is 82.3 cm³/mol. The van der Waals surface area contributed by atoms with E-state index in [1.54, 1.807) is 12.1 Å². The van der Waals surface area contributed by atoms with Crippen molar-refractivity contribution in [1.29, 1.82) is 0 Å². The molecule has 1 aliphatic rings. The Morgan fingerprint density at radius 1 is 1.24 bits per heavy atom. The number of aryl methyl sites for hydroxylation is 1. The quantitative estimate of drug-likeness (QED) is 0.925. The van der Waals surface area contributed by atoms with Crippen LogP contribution in [0.2, 0.25) is 5.02 Å². The fourth-order valence-electron chi connectivity index (χ4n) is 2.63. The number of rotatable bonds is 4. The van der Waals surface area contributed by atoms with Crippen LogP contribution in [0, 0.1) is 5.82 Å². The third-order valence-corrected chi connectivity index (χ3v) is 4.18. The minimum Gasteiger partial charge on any atom is -0.493 e. The summed E-state index contributed by atoms with van der Waals surface area (Å²) < 4.78 is 18.9. The van der Waals surface area contributed by atoms with Gasteiger partial charge in [-0.05, 0) is 47.7 Å². The van der Waals surface area contributed by atoms with Crippen molar-refractivity contribution >= 4 is 11.6 Å². The molecule has 3 rings (SSSR count). The lowest BCUT2D eigenvalue weighted by Gasteiger charge is -2.13. The van der Waals surface area contributed by atoms with E-state index in [0.717, 1.165) is 37.2 Å². The highest BCUT2D eigenvalue weighted by molar-refractivity contribution is 6.30. The van der Waals surface area contributed by atoms with Crippen molar-refractivity contribution in [2.45, 2.75) is 25.3 Å². The largest absolute Gasteiger partial charge is 0.493 e. The number of fused-ring (bicyclic) bond motifs is 1. The van der Waals surface area contributed by atoms with Crippen LogP contribution in [0.1, 0.15) is 29.2 Å². The van der Waals surface area contributed by atoms with Crippen LogP contribution in [0.15, 0.2) is 36.4 Å². The average molecular weight is 306 g/mol. The summed E-state index contributed by atoms with van der Waals surface area (Å²) in [6, 6.07) is 10.8. The summed E-state index contributed by atoms with van der Waals surface area (Å²) >= 11 is 5.68. The van der Waals surface area contributed by atoms with E-state index in [4.69, 9.17) is 22.1 Å². The molecule has 110 valence electrons. The first-order valence-corrected chi connectivity index (χ1v) is 7.46. The predicted octanol–water partition coefficient (Wildman–Crippen LogP) is 4.05. The van der Waals surface area contributed by atoms with Crippen LogP contribution in [-0.4, -0.2) is 6.61 Å². The molecule has 1 unspecified atom stereocenters. The Hall–Kier alpha value is -1.58. The standard InChI is InChI=1S/C17H17ClFNO/c18-14-4-3-12(10-15(14)19)16(20)5-1-11-2-6-17-13(9-11)7-8-21-17/h2-4,6,9-10,16H,1,5,7-8,20H2. The van der Waals surface area contributed by atoms with Gasteiger partial charge in [0.15, 0.2) is 0 Å². The van der Waals surface area contributed by atoms with Crippen LogP contribution in [0.25, 0.3) is 0 Å². The van der Waals surface area contributed by atoms with Gasteiger partial charge in [-0.15, -0.1) is 0 Å². The molecule has 1 aliphatic heterocycles. The molecule has 0 saturated carbocycles. The molecule has 4 heteroatoms. The second kappa shape index (κ2) is 6.04. The SMILES string of the molecule is NC(CCc1ccc2c(c1)CCO2)c1ccc(Cl)c(F)c1. The second-order valence-corrected chi connectivity index (χ2v) is 5.77. The maximum Gasteiger partial charge on any atom is 0.142 e. The highest BCUT2D eigenvalue weighted by atomic mass is 35.5. The number of ether oxygens (including phenoxy) is 1. The zero-order valence-electron chi connectivity index (χ0n) is 11.6. The summed E-state index contributed by atoms with van der Waals surface area (Å²) in [5.74, 6) is 0.571. The molecule has 0 fully saturated rings. The Kier molecular flexibility index (Phi) is 4.13. The van der Waals surface area contributed by atoms with E-state index in [0.29, 0.717) is 0 Å². The van der Waals surface area contributed by atoms with Gasteiger partial charge in [-0.3, -0.25) is 0 Å². The zero-order valence-corrected chi connectivity index (χ0v) is 12.4. The van der Waals surface area contributed by atoms with Crippen molar-refractivity contribution in [2.75, 3.05) is 6.61 Å². The topological polar surface area (TPSA) is 35.2 Å². The number of hydrogen-bond donors (Lipinski definition) is 1. The lowest BCUT2D eigenvalue weighted by atomic mass is 9.98. The van der Waals surface area contributed by atoms with Gasteiger partial charge in [-0.1, -0.05) is 29.8 Å². The molecule has 0 aliphatic carbocycles. The van der Waals surface area contributed by atoms with Gasteiger partial charge in [0.1, 0.15) is 11.6 Å². The third kappa shape index (κ3) is 3.20. The van der Waals surface area contributed by atoms with E-state index in [1.807, 2.05) is 6.07 Å². The van der Waals surface area contributed by atoms with Crippen LogP contribution in [0.4, 0.5) is 4.39 Å². The third-order valence-electron chi connectivity index (χ3n) is 3.87. The first-order valence-electron chi connectivity index (χ1n) is 7.08. The molecule has 0 spiro atoms. The Morgan fingerprint density at radius 2 is 2.10 bits per heavy atom. The normalized spacial score (nSPS) is 14.6. The van der Waals surface area contributed by atoms with E-state index < -0.39 is 5.82 Å². The van der Waals surface area contributed by atoms with Crippen LogP contribution in [-0.2, 0) is 12.8 Å². The number of nitrogens with two attached hydrogens (primary N) is 1. The van der Waals surface area contributed by atoms with Crippen molar-refractivity contribution in [3.8, 4) is 5.75 Å². The summed E-state index contributed by atoms with van der Waals surface area (Å²) in [6.45, 7) is 0.766. The van der Waals surface area contributed by atoms with Crippen LogP contribution >= 0.6 is 11.6 Å². The highest BCUT2D eigenvalue weighted by Gasteiger charge is 2.13. The van der Waals surface area contributed by atoms with Crippen molar-refractivity contribution in [3.63, 3.8) is 0 Å². The van der Waals surface area contributed by atoms with Gasteiger partial charge < -0.3 is 10.5 Å². The van der Waals surface area contributed by atoms with E-state index in [1.165, 1.54) is 17.2 Å². The Balaban J connectivity index is 1.65. The van der Waals surface area contributed by atoms with Gasteiger partial charge in [0.2, 0.25) is 0 Å². The number of hydrogen-bond acceptors (Lipinski definition) is 2. The second-order valence-electron chi connectivity index (χ2n) is 5.36. The Bertz CT molecular complexity index is 659. The first kappa shape index (κ1) is 14.4.